The molecular formula is C8H9N3O2S2. The van der Waals surface area contributed by atoms with Crippen LogP contribution in [0.4, 0.5) is 5.82 Å². The molecule has 2 aromatic rings. The third-order valence-corrected chi connectivity index (χ3v) is 4.03. The van der Waals surface area contributed by atoms with Gasteiger partial charge in [-0.2, -0.15) is 4.98 Å². The molecule has 4 N–H and O–H groups in total. The molecular weight excluding hydrogens is 234 g/mol. The van der Waals surface area contributed by atoms with Crippen molar-refractivity contribution in [1.29, 1.82) is 0 Å². The molecule has 0 saturated carbocycles. The largest absolute Gasteiger partial charge is 0.391 e. The molecule has 15 heavy (non-hydrogen) atoms. The summed E-state index contributed by atoms with van der Waals surface area (Å²) in [6.07, 6.45) is 1.89. The van der Waals surface area contributed by atoms with E-state index in [-0.39, 0.29) is 6.61 Å². The summed E-state index contributed by atoms with van der Waals surface area (Å²) in [4.78, 5) is 19.6. The van der Waals surface area contributed by atoms with Gasteiger partial charge in [0.05, 0.1) is 12.0 Å². The fraction of sp³-hybridized carbons (Fsp3) is 0.250. The average Bonchev–Trinajstić information content (AvgIpc) is 2.55. The maximum atomic E-state index is 11.1. The molecule has 0 aromatic carbocycles. The second kappa shape index (κ2) is 3.84. The Kier molecular flexibility index (Phi) is 2.68. The Morgan fingerprint density at radius 1 is 1.67 bits per heavy atom. The van der Waals surface area contributed by atoms with Crippen molar-refractivity contribution in [1.82, 2.24) is 9.97 Å². The summed E-state index contributed by atoms with van der Waals surface area (Å²) in [5.74, 6) is 0.310. The lowest BCUT2D eigenvalue weighted by atomic mass is 10.3. The number of aromatic amines is 1. The van der Waals surface area contributed by atoms with Gasteiger partial charge in [0.2, 0.25) is 0 Å². The second-order valence-electron chi connectivity index (χ2n) is 2.85. The number of anilines is 1. The zero-order valence-electron chi connectivity index (χ0n) is 7.90. The van der Waals surface area contributed by atoms with Gasteiger partial charge in [0.15, 0.2) is 0 Å². The first-order chi connectivity index (χ1) is 7.17. The number of aromatic nitrogens is 2. The van der Waals surface area contributed by atoms with Crippen molar-refractivity contribution in [2.24, 2.45) is 0 Å². The molecule has 0 fully saturated rings. The van der Waals surface area contributed by atoms with Crippen molar-refractivity contribution in [3.8, 4) is 0 Å². The molecule has 0 bridgehead atoms. The molecule has 0 aliphatic carbocycles. The number of hydrogen-bond acceptors (Lipinski definition) is 6. The van der Waals surface area contributed by atoms with E-state index in [0.29, 0.717) is 10.6 Å². The van der Waals surface area contributed by atoms with Gasteiger partial charge >= 0.3 is 5.69 Å². The number of H-pyrrole nitrogens is 1. The number of thiophene rings is 1. The van der Waals surface area contributed by atoms with Crippen LogP contribution in [0.15, 0.2) is 9.69 Å². The maximum absolute atomic E-state index is 11.1. The van der Waals surface area contributed by atoms with Gasteiger partial charge in [-0.3, -0.25) is 4.98 Å². The first-order valence-corrected chi connectivity index (χ1v) is 6.17. The Bertz CT molecular complexity index is 561. The Morgan fingerprint density at radius 3 is 3.00 bits per heavy atom. The highest BCUT2D eigenvalue weighted by Gasteiger charge is 2.15. The van der Waals surface area contributed by atoms with E-state index >= 15 is 0 Å². The lowest BCUT2D eigenvalue weighted by Gasteiger charge is -1.99. The minimum atomic E-state index is -0.460. The fourth-order valence-corrected chi connectivity index (χ4v) is 3.46. The number of nitrogens with zero attached hydrogens (tertiary/aromatic N) is 1. The van der Waals surface area contributed by atoms with E-state index in [1.165, 1.54) is 23.1 Å². The SMILES string of the molecule is CSc1c(CO)sc2nc(=O)[nH]c(N)c12. The summed E-state index contributed by atoms with van der Waals surface area (Å²) in [6.45, 7) is -0.0647. The topological polar surface area (TPSA) is 92.0 Å². The van der Waals surface area contributed by atoms with Crippen LogP contribution in [0, 0.1) is 0 Å². The summed E-state index contributed by atoms with van der Waals surface area (Å²) in [5, 5.41) is 9.88. The van der Waals surface area contributed by atoms with E-state index in [0.717, 1.165) is 15.2 Å². The van der Waals surface area contributed by atoms with Crippen LogP contribution in [-0.4, -0.2) is 21.3 Å². The number of aliphatic hydroxyl groups excluding tert-OH is 1. The van der Waals surface area contributed by atoms with Crippen molar-refractivity contribution in [3.05, 3.63) is 15.4 Å². The number of hydrogen-bond donors (Lipinski definition) is 3. The predicted molar refractivity (Wildman–Crippen MR) is 62.4 cm³/mol. The van der Waals surface area contributed by atoms with E-state index in [1.807, 2.05) is 6.26 Å². The summed E-state index contributed by atoms with van der Waals surface area (Å²) < 4.78 is 0. The minimum absolute atomic E-state index is 0.0647. The molecule has 7 heteroatoms. The van der Waals surface area contributed by atoms with Crippen LogP contribution < -0.4 is 11.4 Å². The average molecular weight is 243 g/mol. The number of fused-ring (bicyclic) bond motifs is 1. The van der Waals surface area contributed by atoms with Crippen LogP contribution in [0.25, 0.3) is 10.2 Å². The molecule has 5 nitrogen and oxygen atoms in total. The summed E-state index contributed by atoms with van der Waals surface area (Å²) in [6, 6.07) is 0. The number of nitrogen functional groups attached to an aromatic ring is 1. The van der Waals surface area contributed by atoms with Crippen LogP contribution in [0.5, 0.6) is 0 Å². The van der Waals surface area contributed by atoms with E-state index in [1.54, 1.807) is 0 Å². The number of nitrogens with one attached hydrogen (secondary N) is 1. The monoisotopic (exact) mass is 243 g/mol. The van der Waals surface area contributed by atoms with E-state index in [2.05, 4.69) is 9.97 Å². The number of aliphatic hydroxyl groups is 1. The van der Waals surface area contributed by atoms with Gasteiger partial charge in [-0.05, 0) is 6.26 Å². The quantitative estimate of drug-likeness (QED) is 0.678. The Balaban J connectivity index is 2.89. The molecule has 2 aromatic heterocycles. The maximum Gasteiger partial charge on any atom is 0.347 e. The van der Waals surface area contributed by atoms with Gasteiger partial charge in [0.25, 0.3) is 0 Å². The molecule has 0 radical (unpaired) electrons. The summed E-state index contributed by atoms with van der Waals surface area (Å²) in [7, 11) is 0. The highest BCUT2D eigenvalue weighted by Crippen LogP contribution is 2.37. The van der Waals surface area contributed by atoms with E-state index in [4.69, 9.17) is 10.8 Å². The van der Waals surface area contributed by atoms with Crippen molar-refractivity contribution >= 4 is 39.1 Å². The molecule has 80 valence electrons. The molecule has 2 rings (SSSR count). The van der Waals surface area contributed by atoms with Crippen LogP contribution in [0.1, 0.15) is 4.88 Å². The van der Waals surface area contributed by atoms with Crippen molar-refractivity contribution in [3.63, 3.8) is 0 Å². The van der Waals surface area contributed by atoms with Crippen molar-refractivity contribution in [2.75, 3.05) is 12.0 Å². The normalized spacial score (nSPS) is 11.1. The third-order valence-electron chi connectivity index (χ3n) is 1.98. The number of rotatable bonds is 2. The minimum Gasteiger partial charge on any atom is -0.391 e. The molecule has 2 heterocycles. The van der Waals surface area contributed by atoms with Gasteiger partial charge in [0, 0.05) is 9.77 Å². The van der Waals surface area contributed by atoms with Crippen LogP contribution in [-0.2, 0) is 6.61 Å². The van der Waals surface area contributed by atoms with Crippen LogP contribution in [0.3, 0.4) is 0 Å². The van der Waals surface area contributed by atoms with E-state index < -0.39 is 5.69 Å². The van der Waals surface area contributed by atoms with Crippen molar-refractivity contribution < 1.29 is 5.11 Å². The standard InChI is InChI=1S/C8H9N3O2S2/c1-14-5-3(2-12)15-7-4(5)6(9)10-8(13)11-7/h12H,2H2,1H3,(H3,9,10,11,13). The Hall–Kier alpha value is -1.05. The van der Waals surface area contributed by atoms with Gasteiger partial charge in [-0.15, -0.1) is 23.1 Å². The Morgan fingerprint density at radius 2 is 2.40 bits per heavy atom. The smallest absolute Gasteiger partial charge is 0.347 e. The zero-order chi connectivity index (χ0) is 11.0. The molecule has 0 aliphatic heterocycles. The van der Waals surface area contributed by atoms with Crippen LogP contribution in [0.2, 0.25) is 0 Å². The van der Waals surface area contributed by atoms with Gasteiger partial charge < -0.3 is 10.8 Å². The van der Waals surface area contributed by atoms with Gasteiger partial charge in [0.1, 0.15) is 10.6 Å². The first-order valence-electron chi connectivity index (χ1n) is 4.13. The molecule has 0 amide bonds. The second-order valence-corrected chi connectivity index (χ2v) is 4.75. The highest BCUT2D eigenvalue weighted by molar-refractivity contribution is 7.99. The molecule has 0 atom stereocenters. The lowest BCUT2D eigenvalue weighted by Crippen LogP contribution is -2.11. The van der Waals surface area contributed by atoms with Gasteiger partial charge in [-0.1, -0.05) is 0 Å². The predicted octanol–water partition coefficient (Wildman–Crippen LogP) is 0.781. The van der Waals surface area contributed by atoms with Gasteiger partial charge in [-0.25, -0.2) is 4.79 Å². The molecule has 0 saturated heterocycles. The Labute approximate surface area is 93.3 Å². The number of thioether (sulfide) groups is 1. The van der Waals surface area contributed by atoms with E-state index in [9.17, 15) is 4.79 Å². The van der Waals surface area contributed by atoms with Crippen molar-refractivity contribution in [2.45, 2.75) is 11.5 Å². The number of nitrogens with two attached hydrogens (primary N) is 1. The molecule has 0 aliphatic rings. The highest BCUT2D eigenvalue weighted by atomic mass is 32.2. The molecule has 0 spiro atoms. The lowest BCUT2D eigenvalue weighted by molar-refractivity contribution is 0.283. The zero-order valence-corrected chi connectivity index (χ0v) is 9.54. The van der Waals surface area contributed by atoms with Crippen LogP contribution >= 0.6 is 23.1 Å². The third kappa shape index (κ3) is 1.62. The summed E-state index contributed by atoms with van der Waals surface area (Å²) in [5.41, 5.74) is 5.26. The first kappa shape index (κ1) is 10.5. The summed E-state index contributed by atoms with van der Waals surface area (Å²) >= 11 is 2.78. The molecule has 0 unspecified atom stereocenters. The fourth-order valence-electron chi connectivity index (χ4n) is 1.38.